The number of rotatable bonds is 3. The zero-order valence-electron chi connectivity index (χ0n) is 10.2. The first-order chi connectivity index (χ1) is 8.43. The van der Waals surface area contributed by atoms with Crippen LogP contribution in [0.15, 0.2) is 23.1 Å². The number of hydrogen-bond donors (Lipinski definition) is 1. The fraction of sp³-hybridized carbons (Fsp3) is 0.417. The third-order valence-corrected chi connectivity index (χ3v) is 5.43. The van der Waals surface area contributed by atoms with Gasteiger partial charge in [0.25, 0.3) is 0 Å². The first-order valence-corrected chi connectivity index (χ1v) is 7.68. The zero-order valence-corrected chi connectivity index (χ0v) is 11.9. The van der Waals surface area contributed by atoms with Crippen molar-refractivity contribution in [2.45, 2.75) is 24.7 Å². The molecule has 0 atom stereocenters. The van der Waals surface area contributed by atoms with Crippen LogP contribution in [0.1, 0.15) is 24.0 Å². The Balaban J connectivity index is 2.49. The molecule has 1 aliphatic rings. The van der Waals surface area contributed by atoms with Crippen molar-refractivity contribution in [3.8, 4) is 0 Å². The molecule has 0 spiro atoms. The molecule has 98 valence electrons. The Hall–Kier alpha value is -0.980. The van der Waals surface area contributed by atoms with Crippen molar-refractivity contribution in [3.63, 3.8) is 0 Å². The number of thiocarbonyl (C=S) groups is 1. The summed E-state index contributed by atoms with van der Waals surface area (Å²) < 4.78 is 26.5. The second kappa shape index (κ2) is 4.95. The molecule has 6 heteroatoms. The molecule has 4 nitrogen and oxygen atoms in total. The van der Waals surface area contributed by atoms with Crippen LogP contribution in [-0.4, -0.2) is 30.8 Å². The monoisotopic (exact) mass is 284 g/mol. The van der Waals surface area contributed by atoms with Crippen LogP contribution in [0.5, 0.6) is 0 Å². The van der Waals surface area contributed by atoms with Gasteiger partial charge in [-0.25, -0.2) is 8.42 Å². The molecular weight excluding hydrogens is 268 g/mol. The highest BCUT2D eigenvalue weighted by Crippen LogP contribution is 2.24. The molecule has 0 aliphatic carbocycles. The average Bonchev–Trinajstić information content (AvgIpc) is 2.82. The van der Waals surface area contributed by atoms with Gasteiger partial charge in [0, 0.05) is 18.7 Å². The van der Waals surface area contributed by atoms with Gasteiger partial charge in [-0.3, -0.25) is 0 Å². The maximum absolute atomic E-state index is 12.5. The Bertz CT molecular complexity index is 576. The molecule has 0 aromatic heterocycles. The van der Waals surface area contributed by atoms with Gasteiger partial charge in [-0.2, -0.15) is 4.31 Å². The average molecular weight is 284 g/mol. The Morgan fingerprint density at radius 1 is 1.33 bits per heavy atom. The molecule has 0 saturated carbocycles. The fourth-order valence-corrected chi connectivity index (χ4v) is 3.99. The highest BCUT2D eigenvalue weighted by Gasteiger charge is 2.28. The summed E-state index contributed by atoms with van der Waals surface area (Å²) in [5, 5.41) is 0. The molecule has 0 radical (unpaired) electrons. The summed E-state index contributed by atoms with van der Waals surface area (Å²) in [5.74, 6) is 0. The highest BCUT2D eigenvalue weighted by atomic mass is 32.2. The van der Waals surface area contributed by atoms with Gasteiger partial charge < -0.3 is 5.73 Å². The topological polar surface area (TPSA) is 63.4 Å². The van der Waals surface area contributed by atoms with Crippen LogP contribution in [0.4, 0.5) is 0 Å². The van der Waals surface area contributed by atoms with E-state index in [9.17, 15) is 8.42 Å². The molecule has 0 amide bonds. The largest absolute Gasteiger partial charge is 0.389 e. The van der Waals surface area contributed by atoms with E-state index in [-0.39, 0.29) is 4.99 Å². The van der Waals surface area contributed by atoms with E-state index in [1.165, 1.54) is 4.31 Å². The Kier molecular flexibility index (Phi) is 3.70. The van der Waals surface area contributed by atoms with Gasteiger partial charge in [-0.1, -0.05) is 24.4 Å². The van der Waals surface area contributed by atoms with Crippen molar-refractivity contribution >= 4 is 27.2 Å². The molecule has 1 aromatic carbocycles. The van der Waals surface area contributed by atoms with E-state index < -0.39 is 10.0 Å². The molecule has 18 heavy (non-hydrogen) atoms. The lowest BCUT2D eigenvalue weighted by Crippen LogP contribution is -2.28. The van der Waals surface area contributed by atoms with E-state index in [1.54, 1.807) is 25.1 Å². The molecule has 2 rings (SSSR count). The number of sulfonamides is 1. The van der Waals surface area contributed by atoms with Crippen LogP contribution in [-0.2, 0) is 10.0 Å². The van der Waals surface area contributed by atoms with E-state index in [0.29, 0.717) is 23.5 Å². The normalized spacial score (nSPS) is 16.9. The second-order valence-electron chi connectivity index (χ2n) is 4.46. The van der Waals surface area contributed by atoms with Crippen molar-refractivity contribution in [3.05, 3.63) is 29.3 Å². The van der Waals surface area contributed by atoms with Crippen LogP contribution >= 0.6 is 12.2 Å². The smallest absolute Gasteiger partial charge is 0.243 e. The van der Waals surface area contributed by atoms with Crippen LogP contribution in [0.25, 0.3) is 0 Å². The lowest BCUT2D eigenvalue weighted by molar-refractivity contribution is 0.477. The first kappa shape index (κ1) is 13.5. The maximum atomic E-state index is 12.5. The van der Waals surface area contributed by atoms with Gasteiger partial charge in [0.2, 0.25) is 10.0 Å². The van der Waals surface area contributed by atoms with Gasteiger partial charge in [0.15, 0.2) is 0 Å². The number of nitrogens with zero attached hydrogens (tertiary/aromatic N) is 1. The van der Waals surface area contributed by atoms with Crippen LogP contribution in [0, 0.1) is 6.92 Å². The summed E-state index contributed by atoms with van der Waals surface area (Å²) in [4.78, 5) is 0.530. The predicted octanol–water partition coefficient (Wildman–Crippen LogP) is 1.41. The minimum absolute atomic E-state index is 0.216. The molecule has 1 aromatic rings. The van der Waals surface area contributed by atoms with Gasteiger partial charge >= 0.3 is 0 Å². The predicted molar refractivity (Wildman–Crippen MR) is 75.1 cm³/mol. The number of aryl methyl sites for hydroxylation is 1. The quantitative estimate of drug-likeness (QED) is 0.853. The summed E-state index contributed by atoms with van der Waals surface area (Å²) in [6.07, 6.45) is 1.85. The summed E-state index contributed by atoms with van der Waals surface area (Å²) in [7, 11) is -3.41. The van der Waals surface area contributed by atoms with Gasteiger partial charge in [-0.15, -0.1) is 0 Å². The van der Waals surface area contributed by atoms with E-state index in [0.717, 1.165) is 18.4 Å². The molecule has 1 fully saturated rings. The number of benzene rings is 1. The second-order valence-corrected chi connectivity index (χ2v) is 6.80. The highest BCUT2D eigenvalue weighted by molar-refractivity contribution is 7.89. The zero-order chi connectivity index (χ0) is 13.3. The molecule has 1 heterocycles. The van der Waals surface area contributed by atoms with Crippen molar-refractivity contribution in [1.82, 2.24) is 4.31 Å². The number of nitrogens with two attached hydrogens (primary N) is 1. The summed E-state index contributed by atoms with van der Waals surface area (Å²) in [6, 6.07) is 5.07. The summed E-state index contributed by atoms with van der Waals surface area (Å²) in [5.41, 5.74) is 6.87. The fourth-order valence-electron chi connectivity index (χ4n) is 2.10. The molecule has 2 N–H and O–H groups in total. The molecule has 0 unspecified atom stereocenters. The van der Waals surface area contributed by atoms with E-state index in [1.807, 2.05) is 0 Å². The maximum Gasteiger partial charge on any atom is 0.243 e. The van der Waals surface area contributed by atoms with Crippen molar-refractivity contribution in [2.75, 3.05) is 13.1 Å². The van der Waals surface area contributed by atoms with Crippen molar-refractivity contribution in [1.29, 1.82) is 0 Å². The lowest BCUT2D eigenvalue weighted by Gasteiger charge is -2.17. The van der Waals surface area contributed by atoms with Gasteiger partial charge in [0.05, 0.1) is 4.90 Å². The minimum Gasteiger partial charge on any atom is -0.389 e. The Morgan fingerprint density at radius 3 is 2.50 bits per heavy atom. The van der Waals surface area contributed by atoms with E-state index in [2.05, 4.69) is 0 Å². The molecule has 1 aliphatic heterocycles. The third kappa shape index (κ3) is 2.41. The Morgan fingerprint density at radius 2 is 1.94 bits per heavy atom. The summed E-state index contributed by atoms with van der Waals surface area (Å²) >= 11 is 4.89. The molecule has 1 saturated heterocycles. The van der Waals surface area contributed by atoms with Gasteiger partial charge in [-0.05, 0) is 31.4 Å². The molecular formula is C12H16N2O2S2. The third-order valence-electron chi connectivity index (χ3n) is 3.16. The van der Waals surface area contributed by atoms with Crippen LogP contribution < -0.4 is 5.73 Å². The standard InChI is InChI=1S/C12H16N2O2S2/c1-9-4-5-10(12(13)17)8-11(9)18(15,16)14-6-2-3-7-14/h4-5,8H,2-3,6-7H2,1H3,(H2,13,17). The lowest BCUT2D eigenvalue weighted by atomic mass is 10.1. The van der Waals surface area contributed by atoms with E-state index in [4.69, 9.17) is 18.0 Å². The van der Waals surface area contributed by atoms with Crippen molar-refractivity contribution < 1.29 is 8.42 Å². The van der Waals surface area contributed by atoms with Crippen molar-refractivity contribution in [2.24, 2.45) is 5.73 Å². The van der Waals surface area contributed by atoms with E-state index >= 15 is 0 Å². The Labute approximate surface area is 113 Å². The SMILES string of the molecule is Cc1ccc(C(N)=S)cc1S(=O)(=O)N1CCCC1. The first-order valence-electron chi connectivity index (χ1n) is 5.83. The minimum atomic E-state index is -3.41. The number of hydrogen-bond acceptors (Lipinski definition) is 3. The van der Waals surface area contributed by atoms with Crippen LogP contribution in [0.3, 0.4) is 0 Å². The van der Waals surface area contributed by atoms with Gasteiger partial charge in [0.1, 0.15) is 4.99 Å². The molecule has 0 bridgehead atoms. The van der Waals surface area contributed by atoms with Crippen LogP contribution in [0.2, 0.25) is 0 Å². The summed E-state index contributed by atoms with van der Waals surface area (Å²) in [6.45, 7) is 2.98.